The Balaban J connectivity index is 4.77. The first-order chi connectivity index (χ1) is 28.0. The van der Waals surface area contributed by atoms with Crippen LogP contribution in [0.4, 0.5) is 0 Å². The molecule has 0 rings (SSSR count). The number of hydrogen-bond acceptors (Lipinski definition) is 5. The van der Waals surface area contributed by atoms with Crippen molar-refractivity contribution in [3.05, 3.63) is 85.1 Å². The van der Waals surface area contributed by atoms with Crippen molar-refractivity contribution in [1.29, 1.82) is 0 Å². The number of carbonyl (C=O) groups is 2. The maximum Gasteiger partial charge on any atom is 0.306 e. The van der Waals surface area contributed by atoms with E-state index in [0.29, 0.717) is 19.3 Å². The molecule has 3 unspecified atom stereocenters. The van der Waals surface area contributed by atoms with Crippen LogP contribution in [0.15, 0.2) is 85.1 Å². The summed E-state index contributed by atoms with van der Waals surface area (Å²) >= 11 is 0. The second kappa shape index (κ2) is 44.1. The van der Waals surface area contributed by atoms with Crippen LogP contribution in [0.1, 0.15) is 201 Å². The quantitative estimate of drug-likeness (QED) is 0.0326. The second-order valence-corrected chi connectivity index (χ2v) is 15.6. The Morgan fingerprint density at radius 1 is 0.526 bits per heavy atom. The number of rotatable bonds is 40. The number of ether oxygens (including phenoxy) is 1. The highest BCUT2D eigenvalue weighted by atomic mass is 16.5. The molecule has 326 valence electrons. The lowest BCUT2D eigenvalue weighted by Gasteiger charge is -2.24. The van der Waals surface area contributed by atoms with Gasteiger partial charge in [-0.15, -0.1) is 0 Å². The first-order valence-electron chi connectivity index (χ1n) is 23.4. The Labute approximate surface area is 351 Å². The van der Waals surface area contributed by atoms with Crippen LogP contribution < -0.4 is 5.32 Å². The van der Waals surface area contributed by atoms with Gasteiger partial charge in [0.2, 0.25) is 5.91 Å². The van der Waals surface area contributed by atoms with Gasteiger partial charge in [0.05, 0.1) is 25.2 Å². The van der Waals surface area contributed by atoms with Gasteiger partial charge in [0.15, 0.2) is 0 Å². The summed E-state index contributed by atoms with van der Waals surface area (Å²) in [6, 6.07) is -0.732. The van der Waals surface area contributed by atoms with E-state index in [4.69, 9.17) is 4.74 Å². The molecule has 0 bridgehead atoms. The molecule has 3 N–H and O–H groups in total. The van der Waals surface area contributed by atoms with Crippen molar-refractivity contribution in [2.75, 3.05) is 6.61 Å². The molecule has 0 aliphatic rings. The minimum Gasteiger partial charge on any atom is -0.462 e. The first-order valence-corrected chi connectivity index (χ1v) is 23.4. The minimum absolute atomic E-state index is 0.0135. The molecule has 0 aromatic heterocycles. The van der Waals surface area contributed by atoms with Crippen molar-refractivity contribution in [3.8, 4) is 0 Å². The standard InChI is InChI=1S/C51H87NO5/c1-4-7-10-13-16-19-21-23-24-25-27-29-32-35-38-41-44-51(56)57-47(42-39-36-33-31-28-26-22-20-17-14-11-8-5-2)45-50(55)52-48(46-53)49(54)43-40-37-34-30-18-15-12-9-6-3/h8,11,14,17,20,22,24-29,31,33,47-49,53-54H,4-7,9-10,12-13,15-16,18-19,21,23,30,32,34-46H2,1-3H3,(H,52,55)/b11-8+,17-14+,22-20-,25-24+,28-26-,29-27+,33-31+. The molecule has 57 heavy (non-hydrogen) atoms. The second-order valence-electron chi connectivity index (χ2n) is 15.6. The van der Waals surface area contributed by atoms with Crippen LogP contribution in [0.2, 0.25) is 0 Å². The molecule has 0 aromatic rings. The summed E-state index contributed by atoms with van der Waals surface area (Å²) in [5.74, 6) is -0.587. The molecule has 0 heterocycles. The number of allylic oxidation sites excluding steroid dienone is 14. The van der Waals surface area contributed by atoms with E-state index in [1.54, 1.807) is 0 Å². The maximum absolute atomic E-state index is 13.1. The molecule has 0 aromatic carbocycles. The van der Waals surface area contributed by atoms with Gasteiger partial charge in [-0.3, -0.25) is 9.59 Å². The average molecular weight is 794 g/mol. The van der Waals surface area contributed by atoms with Gasteiger partial charge in [0, 0.05) is 6.42 Å². The Bertz CT molecular complexity index is 1120. The van der Waals surface area contributed by atoms with Crippen molar-refractivity contribution >= 4 is 11.9 Å². The van der Waals surface area contributed by atoms with E-state index in [2.05, 4.69) is 62.5 Å². The fraction of sp³-hybridized carbons (Fsp3) is 0.686. The summed E-state index contributed by atoms with van der Waals surface area (Å²) in [6.07, 6.45) is 56.5. The van der Waals surface area contributed by atoms with Crippen molar-refractivity contribution in [3.63, 3.8) is 0 Å². The minimum atomic E-state index is -0.813. The third-order valence-electron chi connectivity index (χ3n) is 10.1. The Morgan fingerprint density at radius 3 is 1.49 bits per heavy atom. The molecular formula is C51H87NO5. The zero-order chi connectivity index (χ0) is 41.7. The maximum atomic E-state index is 13.1. The van der Waals surface area contributed by atoms with E-state index in [0.717, 1.165) is 70.6 Å². The van der Waals surface area contributed by atoms with Gasteiger partial charge < -0.3 is 20.3 Å². The highest BCUT2D eigenvalue weighted by Gasteiger charge is 2.24. The van der Waals surface area contributed by atoms with Crippen LogP contribution in [-0.2, 0) is 14.3 Å². The first kappa shape index (κ1) is 54.0. The lowest BCUT2D eigenvalue weighted by atomic mass is 10.0. The summed E-state index contributed by atoms with van der Waals surface area (Å²) < 4.78 is 5.86. The van der Waals surface area contributed by atoms with Gasteiger partial charge in [0.25, 0.3) is 0 Å². The van der Waals surface area contributed by atoms with Crippen molar-refractivity contribution in [2.24, 2.45) is 0 Å². The highest BCUT2D eigenvalue weighted by Crippen LogP contribution is 2.16. The van der Waals surface area contributed by atoms with Gasteiger partial charge in [-0.1, -0.05) is 209 Å². The summed E-state index contributed by atoms with van der Waals surface area (Å²) in [4.78, 5) is 26.0. The van der Waals surface area contributed by atoms with Gasteiger partial charge in [-0.05, 0) is 64.2 Å². The van der Waals surface area contributed by atoms with Gasteiger partial charge in [0.1, 0.15) is 6.10 Å². The lowest BCUT2D eigenvalue weighted by Crippen LogP contribution is -2.46. The van der Waals surface area contributed by atoms with Gasteiger partial charge >= 0.3 is 5.97 Å². The number of hydrogen-bond donors (Lipinski definition) is 3. The molecule has 3 atom stereocenters. The summed E-state index contributed by atoms with van der Waals surface area (Å²) in [5, 5.41) is 23.6. The number of aliphatic hydroxyl groups is 2. The van der Waals surface area contributed by atoms with E-state index in [1.807, 2.05) is 48.6 Å². The normalized spacial score (nSPS) is 14.1. The molecule has 6 nitrogen and oxygen atoms in total. The predicted octanol–water partition coefficient (Wildman–Crippen LogP) is 13.6. The van der Waals surface area contributed by atoms with E-state index < -0.39 is 18.2 Å². The fourth-order valence-electron chi connectivity index (χ4n) is 6.56. The van der Waals surface area contributed by atoms with E-state index in [9.17, 15) is 19.8 Å². The number of esters is 1. The van der Waals surface area contributed by atoms with Gasteiger partial charge in [-0.25, -0.2) is 0 Å². The number of amides is 1. The van der Waals surface area contributed by atoms with E-state index in [-0.39, 0.29) is 24.9 Å². The monoisotopic (exact) mass is 794 g/mol. The van der Waals surface area contributed by atoms with Crippen LogP contribution in [0, 0.1) is 0 Å². The van der Waals surface area contributed by atoms with Crippen molar-refractivity contribution in [2.45, 2.75) is 219 Å². The third-order valence-corrected chi connectivity index (χ3v) is 10.1. The number of carbonyl (C=O) groups excluding carboxylic acids is 2. The van der Waals surface area contributed by atoms with Crippen molar-refractivity contribution in [1.82, 2.24) is 5.32 Å². The zero-order valence-electron chi connectivity index (χ0n) is 36.9. The predicted molar refractivity (Wildman–Crippen MR) is 245 cm³/mol. The largest absolute Gasteiger partial charge is 0.462 e. The smallest absolute Gasteiger partial charge is 0.306 e. The number of aliphatic hydroxyl groups excluding tert-OH is 2. The van der Waals surface area contributed by atoms with Crippen LogP contribution >= 0.6 is 0 Å². The van der Waals surface area contributed by atoms with Crippen LogP contribution in [0.25, 0.3) is 0 Å². The molecular weight excluding hydrogens is 707 g/mol. The van der Waals surface area contributed by atoms with E-state index in [1.165, 1.54) is 83.5 Å². The summed E-state index contributed by atoms with van der Waals surface area (Å²) in [6.45, 7) is 6.26. The molecule has 0 spiro atoms. The molecule has 0 aliphatic heterocycles. The van der Waals surface area contributed by atoms with E-state index >= 15 is 0 Å². The Kier molecular flexibility index (Phi) is 41.9. The lowest BCUT2D eigenvalue weighted by molar-refractivity contribution is -0.151. The number of nitrogens with one attached hydrogen (secondary N) is 1. The molecule has 0 saturated carbocycles. The molecule has 0 saturated heterocycles. The summed E-state index contributed by atoms with van der Waals surface area (Å²) in [5.41, 5.74) is 0. The van der Waals surface area contributed by atoms with Crippen LogP contribution in [-0.4, -0.2) is 46.9 Å². The van der Waals surface area contributed by atoms with Crippen LogP contribution in [0.5, 0.6) is 0 Å². The highest BCUT2D eigenvalue weighted by molar-refractivity contribution is 5.77. The van der Waals surface area contributed by atoms with Crippen LogP contribution in [0.3, 0.4) is 0 Å². The average Bonchev–Trinajstić information content (AvgIpc) is 3.20. The topological polar surface area (TPSA) is 95.9 Å². The Morgan fingerprint density at radius 2 is 0.965 bits per heavy atom. The molecule has 0 fully saturated rings. The fourth-order valence-corrected chi connectivity index (χ4v) is 6.56. The third kappa shape index (κ3) is 39.6. The zero-order valence-corrected chi connectivity index (χ0v) is 36.9. The molecule has 6 heteroatoms. The van der Waals surface area contributed by atoms with Crippen molar-refractivity contribution < 1.29 is 24.5 Å². The molecule has 0 radical (unpaired) electrons. The van der Waals surface area contributed by atoms with Gasteiger partial charge in [-0.2, -0.15) is 0 Å². The molecule has 1 amide bonds. The number of unbranched alkanes of at least 4 members (excludes halogenated alkanes) is 19. The SMILES string of the molecule is CC/C=C/C=C/C=C\C=C/C=C/CCCC(CC(=O)NC(CO)C(O)CCCCCCCCCCC)OC(=O)CCCCC/C=C/C=C/CCCCCCCCC. The Hall–Kier alpha value is -2.96. The molecule has 0 aliphatic carbocycles. The summed E-state index contributed by atoms with van der Waals surface area (Å²) in [7, 11) is 0.